The van der Waals surface area contributed by atoms with Crippen molar-refractivity contribution in [2.24, 2.45) is 11.7 Å². The van der Waals surface area contributed by atoms with Crippen LogP contribution in [0.15, 0.2) is 5.38 Å². The number of carbonyl (C=O) groups is 1. The van der Waals surface area contributed by atoms with Crippen LogP contribution >= 0.6 is 23.7 Å². The first-order valence-corrected chi connectivity index (χ1v) is 8.29. The predicted octanol–water partition coefficient (Wildman–Crippen LogP) is 1.71. The van der Waals surface area contributed by atoms with Crippen molar-refractivity contribution in [2.75, 3.05) is 31.6 Å². The maximum Gasteiger partial charge on any atom is 0.243 e. The number of amides is 1. The van der Waals surface area contributed by atoms with E-state index < -0.39 is 6.04 Å². The fourth-order valence-electron chi connectivity index (χ4n) is 2.13. The molecule has 1 aliphatic heterocycles. The Labute approximate surface area is 141 Å². The molecule has 1 fully saturated rings. The molecule has 1 aromatic heterocycles. The van der Waals surface area contributed by atoms with Gasteiger partial charge in [-0.1, -0.05) is 20.3 Å². The summed E-state index contributed by atoms with van der Waals surface area (Å²) in [6, 6.07) is -0.485. The first-order valence-electron chi connectivity index (χ1n) is 7.41. The van der Waals surface area contributed by atoms with Crippen LogP contribution in [0, 0.1) is 5.92 Å². The molecular formula is C14H25ClN4O2S. The fraction of sp³-hybridized carbons (Fsp3) is 0.714. The van der Waals surface area contributed by atoms with Crippen molar-refractivity contribution in [3.63, 3.8) is 0 Å². The van der Waals surface area contributed by atoms with Crippen molar-refractivity contribution >= 4 is 34.8 Å². The van der Waals surface area contributed by atoms with Gasteiger partial charge in [-0.2, -0.15) is 0 Å². The van der Waals surface area contributed by atoms with Gasteiger partial charge in [-0.05, 0) is 5.92 Å². The second kappa shape index (κ2) is 9.42. The number of rotatable bonds is 6. The van der Waals surface area contributed by atoms with E-state index in [1.807, 2.05) is 19.2 Å². The number of thiazole rings is 1. The van der Waals surface area contributed by atoms with Crippen LogP contribution in [0.5, 0.6) is 0 Å². The lowest BCUT2D eigenvalue weighted by Gasteiger charge is -2.25. The molecule has 22 heavy (non-hydrogen) atoms. The summed E-state index contributed by atoms with van der Waals surface area (Å²) in [4.78, 5) is 18.8. The highest BCUT2D eigenvalue weighted by molar-refractivity contribution is 7.13. The third kappa shape index (κ3) is 5.48. The van der Waals surface area contributed by atoms with Crippen LogP contribution in [-0.4, -0.2) is 48.1 Å². The summed E-state index contributed by atoms with van der Waals surface area (Å²) >= 11 is 1.45. The molecule has 0 spiro atoms. The summed E-state index contributed by atoms with van der Waals surface area (Å²) in [5, 5.41) is 5.43. The zero-order valence-corrected chi connectivity index (χ0v) is 14.7. The van der Waals surface area contributed by atoms with Gasteiger partial charge in [0.1, 0.15) is 0 Å². The highest BCUT2D eigenvalue weighted by atomic mass is 35.5. The molecule has 2 atom stereocenters. The normalized spacial score (nSPS) is 18.3. The summed E-state index contributed by atoms with van der Waals surface area (Å²) in [5.41, 5.74) is 6.90. The van der Waals surface area contributed by atoms with Crippen LogP contribution in [0.25, 0.3) is 0 Å². The highest BCUT2D eigenvalue weighted by Crippen LogP contribution is 2.18. The van der Waals surface area contributed by atoms with E-state index in [4.69, 9.17) is 10.5 Å². The first kappa shape index (κ1) is 19.3. The Morgan fingerprint density at radius 3 is 2.86 bits per heavy atom. The maximum absolute atomic E-state index is 12.0. The van der Waals surface area contributed by atoms with Gasteiger partial charge in [-0.3, -0.25) is 9.69 Å². The topological polar surface area (TPSA) is 80.5 Å². The van der Waals surface area contributed by atoms with Gasteiger partial charge in [-0.25, -0.2) is 4.98 Å². The minimum absolute atomic E-state index is 0. The zero-order valence-electron chi connectivity index (χ0n) is 13.1. The Kier molecular flexibility index (Phi) is 8.27. The van der Waals surface area contributed by atoms with Gasteiger partial charge in [0.25, 0.3) is 0 Å². The van der Waals surface area contributed by atoms with Crippen molar-refractivity contribution in [1.82, 2.24) is 9.88 Å². The number of nitrogens with one attached hydrogen (secondary N) is 1. The minimum atomic E-state index is -0.485. The molecule has 1 saturated heterocycles. The van der Waals surface area contributed by atoms with Crippen LogP contribution in [0.3, 0.4) is 0 Å². The fourth-order valence-corrected chi connectivity index (χ4v) is 2.83. The van der Waals surface area contributed by atoms with Crippen LogP contribution in [-0.2, 0) is 16.1 Å². The van der Waals surface area contributed by atoms with E-state index in [1.165, 1.54) is 11.3 Å². The van der Waals surface area contributed by atoms with Gasteiger partial charge in [0, 0.05) is 25.0 Å². The molecule has 0 aromatic carbocycles. The van der Waals surface area contributed by atoms with E-state index >= 15 is 0 Å². The molecule has 1 aromatic rings. The smallest absolute Gasteiger partial charge is 0.243 e. The second-order valence-electron chi connectivity index (χ2n) is 5.43. The molecule has 3 N–H and O–H groups in total. The molecule has 0 bridgehead atoms. The van der Waals surface area contributed by atoms with Crippen LogP contribution < -0.4 is 11.1 Å². The molecule has 2 rings (SSSR count). The molecule has 8 heteroatoms. The molecule has 2 heterocycles. The third-order valence-corrected chi connectivity index (χ3v) is 4.64. The number of hydrogen-bond donors (Lipinski definition) is 2. The van der Waals surface area contributed by atoms with Crippen molar-refractivity contribution < 1.29 is 9.53 Å². The maximum atomic E-state index is 12.0. The van der Waals surface area contributed by atoms with Gasteiger partial charge in [0.2, 0.25) is 5.91 Å². The average Bonchev–Trinajstić information content (AvgIpc) is 2.93. The predicted molar refractivity (Wildman–Crippen MR) is 91.5 cm³/mol. The Hall–Kier alpha value is -0.730. The third-order valence-electron chi connectivity index (χ3n) is 3.83. The van der Waals surface area contributed by atoms with Crippen molar-refractivity contribution in [2.45, 2.75) is 32.9 Å². The number of nitrogens with two attached hydrogens (primary N) is 1. The standard InChI is InChI=1S/C14H24N4O2S.ClH/c1-3-10(2)12(15)13(19)17-14-16-11(9-21-14)8-18-4-6-20-7-5-18;/h9-10,12H,3-8,15H2,1-2H3,(H,16,17,19);1H. The summed E-state index contributed by atoms with van der Waals surface area (Å²) in [5.74, 6) is 0.00871. The van der Waals surface area contributed by atoms with E-state index in [-0.39, 0.29) is 24.2 Å². The Balaban J connectivity index is 0.00000242. The summed E-state index contributed by atoms with van der Waals surface area (Å²) < 4.78 is 5.32. The number of morpholine rings is 1. The molecule has 126 valence electrons. The largest absolute Gasteiger partial charge is 0.379 e. The summed E-state index contributed by atoms with van der Waals surface area (Å²) in [6.07, 6.45) is 0.884. The van der Waals surface area contributed by atoms with Crippen molar-refractivity contribution in [1.29, 1.82) is 0 Å². The number of hydrogen-bond acceptors (Lipinski definition) is 6. The first-order chi connectivity index (χ1) is 10.1. The lowest BCUT2D eigenvalue weighted by Crippen LogP contribution is -2.40. The van der Waals surface area contributed by atoms with Crippen LogP contribution in [0.1, 0.15) is 26.0 Å². The number of halogens is 1. The number of aromatic nitrogens is 1. The molecule has 1 amide bonds. The Morgan fingerprint density at radius 1 is 1.55 bits per heavy atom. The van der Waals surface area contributed by atoms with E-state index in [9.17, 15) is 4.79 Å². The zero-order chi connectivity index (χ0) is 15.2. The van der Waals surface area contributed by atoms with Crippen molar-refractivity contribution in [3.8, 4) is 0 Å². The quantitative estimate of drug-likeness (QED) is 0.818. The lowest BCUT2D eigenvalue weighted by atomic mass is 10.00. The number of nitrogens with zero attached hydrogens (tertiary/aromatic N) is 2. The highest BCUT2D eigenvalue weighted by Gasteiger charge is 2.20. The molecule has 1 aliphatic rings. The molecule has 0 saturated carbocycles. The van der Waals surface area contributed by atoms with Gasteiger partial charge in [-0.15, -0.1) is 23.7 Å². The molecule has 6 nitrogen and oxygen atoms in total. The van der Waals surface area contributed by atoms with E-state index in [0.717, 1.165) is 45.0 Å². The molecule has 0 aliphatic carbocycles. The minimum Gasteiger partial charge on any atom is -0.379 e. The average molecular weight is 349 g/mol. The number of carbonyl (C=O) groups excluding carboxylic acids is 1. The van der Waals surface area contributed by atoms with Gasteiger partial charge in [0.15, 0.2) is 5.13 Å². The summed E-state index contributed by atoms with van der Waals surface area (Å²) in [7, 11) is 0. The number of ether oxygens (including phenoxy) is 1. The lowest BCUT2D eigenvalue weighted by molar-refractivity contribution is -0.118. The van der Waals surface area contributed by atoms with Gasteiger partial charge in [0.05, 0.1) is 24.9 Å². The van der Waals surface area contributed by atoms with Crippen LogP contribution in [0.4, 0.5) is 5.13 Å². The Bertz CT molecular complexity index is 465. The molecule has 2 unspecified atom stereocenters. The Morgan fingerprint density at radius 2 is 2.23 bits per heavy atom. The molecule has 0 radical (unpaired) electrons. The number of anilines is 1. The second-order valence-corrected chi connectivity index (χ2v) is 6.29. The van der Waals surface area contributed by atoms with Gasteiger partial charge >= 0.3 is 0 Å². The van der Waals surface area contributed by atoms with Gasteiger partial charge < -0.3 is 15.8 Å². The van der Waals surface area contributed by atoms with Crippen LogP contribution in [0.2, 0.25) is 0 Å². The molecular weight excluding hydrogens is 324 g/mol. The van der Waals surface area contributed by atoms with E-state index in [1.54, 1.807) is 0 Å². The summed E-state index contributed by atoms with van der Waals surface area (Å²) in [6.45, 7) is 8.22. The van der Waals surface area contributed by atoms with Crippen molar-refractivity contribution in [3.05, 3.63) is 11.1 Å². The monoisotopic (exact) mass is 348 g/mol. The van der Waals surface area contributed by atoms with E-state index in [2.05, 4.69) is 15.2 Å². The van der Waals surface area contributed by atoms with E-state index in [0.29, 0.717) is 5.13 Å². The SMILES string of the molecule is CCC(C)C(N)C(=O)Nc1nc(CN2CCOCC2)cs1.Cl.